The van der Waals surface area contributed by atoms with Gasteiger partial charge in [0.2, 0.25) is 0 Å². The molecule has 1 nitrogen and oxygen atoms in total. The normalized spacial score (nSPS) is 18.0. The minimum absolute atomic E-state index is 0. The van der Waals surface area contributed by atoms with Crippen molar-refractivity contribution in [3.63, 3.8) is 0 Å². The standard InChI is InChI=1S/C5H10N.CH3.Y/c1-2-4-6-5-3-1;;/h1,6H,2-5H2;1H3;/q2*-1;. The minimum atomic E-state index is 0. The summed E-state index contributed by atoms with van der Waals surface area (Å²) >= 11 is 0. The fourth-order valence-corrected chi connectivity index (χ4v) is 0.678. The summed E-state index contributed by atoms with van der Waals surface area (Å²) in [4.78, 5) is 0. The largest absolute Gasteiger partial charge is 0.358 e. The molecule has 8 heavy (non-hydrogen) atoms. The predicted molar refractivity (Wildman–Crippen MR) is 32.8 cm³/mol. The Morgan fingerprint density at radius 3 is 1.75 bits per heavy atom. The molecule has 0 spiro atoms. The van der Waals surface area contributed by atoms with Gasteiger partial charge in [0.1, 0.15) is 0 Å². The maximum atomic E-state index is 3.25. The first-order valence-electron chi connectivity index (χ1n) is 2.52. The quantitative estimate of drug-likeness (QED) is 0.559. The Bertz CT molecular complexity index is 24.0. The van der Waals surface area contributed by atoms with Crippen molar-refractivity contribution in [1.82, 2.24) is 5.32 Å². The zero-order valence-electron chi connectivity index (χ0n) is 5.48. The van der Waals surface area contributed by atoms with Gasteiger partial charge in [0, 0.05) is 32.7 Å². The van der Waals surface area contributed by atoms with Gasteiger partial charge in [-0.2, -0.15) is 12.8 Å². The molecule has 1 fully saturated rings. The Labute approximate surface area is 77.5 Å². The van der Waals surface area contributed by atoms with Crippen molar-refractivity contribution < 1.29 is 32.7 Å². The van der Waals surface area contributed by atoms with Crippen molar-refractivity contribution in [1.29, 1.82) is 0 Å². The van der Waals surface area contributed by atoms with Gasteiger partial charge in [-0.15, -0.1) is 0 Å². The van der Waals surface area contributed by atoms with Crippen LogP contribution in [0.15, 0.2) is 0 Å². The molecule has 1 heterocycles. The minimum Gasteiger partial charge on any atom is -0.358 e. The molecule has 1 N–H and O–H groups in total. The summed E-state index contributed by atoms with van der Waals surface area (Å²) in [5.74, 6) is 0. The summed E-state index contributed by atoms with van der Waals surface area (Å²) in [7, 11) is 0. The Balaban J connectivity index is 0. The van der Waals surface area contributed by atoms with Gasteiger partial charge < -0.3 is 19.2 Å². The van der Waals surface area contributed by atoms with E-state index in [1.807, 2.05) is 0 Å². The van der Waals surface area contributed by atoms with E-state index in [4.69, 9.17) is 0 Å². The van der Waals surface area contributed by atoms with Gasteiger partial charge in [-0.05, 0) is 13.1 Å². The van der Waals surface area contributed by atoms with E-state index >= 15 is 0 Å². The number of hydrogen-bond acceptors (Lipinski definition) is 1. The first kappa shape index (κ1) is 11.8. The molecule has 0 saturated carbocycles. The van der Waals surface area contributed by atoms with Crippen molar-refractivity contribution in [3.8, 4) is 0 Å². The van der Waals surface area contributed by atoms with Gasteiger partial charge in [-0.3, -0.25) is 0 Å². The zero-order valence-corrected chi connectivity index (χ0v) is 8.32. The molecule has 1 saturated heterocycles. The molecule has 0 bridgehead atoms. The third-order valence-corrected chi connectivity index (χ3v) is 1.05. The van der Waals surface area contributed by atoms with Gasteiger partial charge in [0.05, 0.1) is 0 Å². The molecule has 1 radical (unpaired) electrons. The molecule has 0 aromatic rings. The second kappa shape index (κ2) is 8.06. The van der Waals surface area contributed by atoms with Gasteiger partial charge in [0.25, 0.3) is 0 Å². The number of nitrogens with one attached hydrogen (secondary N) is 1. The van der Waals surface area contributed by atoms with Crippen molar-refractivity contribution in [2.24, 2.45) is 0 Å². The Morgan fingerprint density at radius 1 is 1.12 bits per heavy atom. The Kier molecular flexibility index (Phi) is 11.9. The molecule has 0 amide bonds. The Morgan fingerprint density at radius 2 is 1.62 bits per heavy atom. The molecule has 1 aliphatic heterocycles. The van der Waals surface area contributed by atoms with Crippen LogP contribution in [-0.4, -0.2) is 13.1 Å². The summed E-state index contributed by atoms with van der Waals surface area (Å²) in [6.07, 6.45) is 4.86. The first-order chi connectivity index (χ1) is 3.00. The van der Waals surface area contributed by atoms with E-state index in [-0.39, 0.29) is 40.1 Å². The van der Waals surface area contributed by atoms with E-state index in [9.17, 15) is 0 Å². The molecule has 2 heteroatoms. The molecule has 0 aromatic carbocycles. The van der Waals surface area contributed by atoms with E-state index in [0.29, 0.717) is 0 Å². The fraction of sp³-hybridized carbons (Fsp3) is 0.667. The molecule has 0 aliphatic carbocycles. The third kappa shape index (κ3) is 5.21. The van der Waals surface area contributed by atoms with Crippen LogP contribution in [0.3, 0.4) is 0 Å². The maximum absolute atomic E-state index is 3.25. The van der Waals surface area contributed by atoms with Crippen molar-refractivity contribution >= 4 is 0 Å². The summed E-state index contributed by atoms with van der Waals surface area (Å²) in [6.45, 7) is 2.39. The maximum Gasteiger partial charge on any atom is 0 e. The van der Waals surface area contributed by atoms with E-state index < -0.39 is 0 Å². The number of piperidine rings is 1. The monoisotopic (exact) mass is 188 g/mol. The third-order valence-electron chi connectivity index (χ3n) is 1.05. The molecule has 47 valence electrons. The zero-order chi connectivity index (χ0) is 4.24. The summed E-state index contributed by atoms with van der Waals surface area (Å²) in [5, 5.41) is 3.25. The topological polar surface area (TPSA) is 12.0 Å². The average Bonchev–Trinajstić information content (AvgIpc) is 1.72. The van der Waals surface area contributed by atoms with Crippen LogP contribution >= 0.6 is 0 Å². The van der Waals surface area contributed by atoms with Gasteiger partial charge in [0.15, 0.2) is 0 Å². The fourth-order valence-electron chi connectivity index (χ4n) is 0.678. The Hall–Kier alpha value is 1.06. The number of hydrogen-bond donors (Lipinski definition) is 1. The molecule has 0 unspecified atom stereocenters. The summed E-state index contributed by atoms with van der Waals surface area (Å²) in [6, 6.07) is 0. The van der Waals surface area contributed by atoms with Crippen LogP contribution < -0.4 is 5.32 Å². The van der Waals surface area contributed by atoms with Gasteiger partial charge in [-0.1, -0.05) is 0 Å². The smallest absolute Gasteiger partial charge is 0 e. The number of rotatable bonds is 0. The second-order valence-corrected chi connectivity index (χ2v) is 1.62. The van der Waals surface area contributed by atoms with Crippen molar-refractivity contribution in [2.45, 2.75) is 12.8 Å². The average molecular weight is 188 g/mol. The predicted octanol–water partition coefficient (Wildman–Crippen LogP) is 1.02. The van der Waals surface area contributed by atoms with E-state index in [1.54, 1.807) is 0 Å². The molecular formula is C6H13NY-2. The van der Waals surface area contributed by atoms with Crippen LogP contribution in [0.5, 0.6) is 0 Å². The van der Waals surface area contributed by atoms with E-state index in [2.05, 4.69) is 11.7 Å². The molecule has 1 rings (SSSR count). The van der Waals surface area contributed by atoms with Crippen LogP contribution in [0, 0.1) is 13.8 Å². The second-order valence-electron chi connectivity index (χ2n) is 1.62. The van der Waals surface area contributed by atoms with Gasteiger partial charge in [-0.25, -0.2) is 0 Å². The molecule has 0 aromatic heterocycles. The summed E-state index contributed by atoms with van der Waals surface area (Å²) < 4.78 is 0. The van der Waals surface area contributed by atoms with Crippen LogP contribution in [0.2, 0.25) is 0 Å². The first-order valence-corrected chi connectivity index (χ1v) is 2.52. The molecule has 0 atom stereocenters. The molecule has 1 aliphatic rings. The van der Waals surface area contributed by atoms with Crippen LogP contribution in [-0.2, 0) is 32.7 Å². The van der Waals surface area contributed by atoms with Crippen LogP contribution in [0.1, 0.15) is 12.8 Å². The van der Waals surface area contributed by atoms with E-state index in [1.165, 1.54) is 25.9 Å². The van der Waals surface area contributed by atoms with Crippen LogP contribution in [0.25, 0.3) is 0 Å². The van der Waals surface area contributed by atoms with E-state index in [0.717, 1.165) is 0 Å². The SMILES string of the molecule is [CH-]1CCNCC1.[CH3-].[Y]. The summed E-state index contributed by atoms with van der Waals surface area (Å²) in [5.41, 5.74) is 0. The van der Waals surface area contributed by atoms with Gasteiger partial charge >= 0.3 is 0 Å². The van der Waals surface area contributed by atoms with Crippen molar-refractivity contribution in [2.75, 3.05) is 13.1 Å². The van der Waals surface area contributed by atoms with Crippen molar-refractivity contribution in [3.05, 3.63) is 13.8 Å². The molecular weight excluding hydrogens is 175 g/mol. The van der Waals surface area contributed by atoms with Crippen LogP contribution in [0.4, 0.5) is 0 Å².